The third-order valence-electron chi connectivity index (χ3n) is 2.98. The molecule has 1 unspecified atom stereocenters. The zero-order chi connectivity index (χ0) is 11.7. The predicted molar refractivity (Wildman–Crippen MR) is 62.1 cm³/mol. The van der Waals surface area contributed by atoms with Crippen LogP contribution in [0.2, 0.25) is 0 Å². The summed E-state index contributed by atoms with van der Waals surface area (Å²) in [5.74, 6) is -0.478. The van der Waals surface area contributed by atoms with Crippen LogP contribution in [0.15, 0.2) is 36.2 Å². The van der Waals surface area contributed by atoms with E-state index in [1.807, 2.05) is 13.0 Å². The molecule has 0 aromatic heterocycles. The summed E-state index contributed by atoms with van der Waals surface area (Å²) in [6, 6.07) is 5.31. The maximum absolute atomic E-state index is 13.9. The summed E-state index contributed by atoms with van der Waals surface area (Å²) in [6.45, 7) is 3.55. The molecule has 0 aliphatic heterocycles. The SMILES string of the molecule is Cc1cccc(C2=CC=C(F)C(C)C2)c1F. The molecule has 0 nitrogen and oxygen atoms in total. The molecule has 0 saturated carbocycles. The van der Waals surface area contributed by atoms with E-state index < -0.39 is 0 Å². The van der Waals surface area contributed by atoms with Gasteiger partial charge in [0.25, 0.3) is 0 Å². The van der Waals surface area contributed by atoms with Gasteiger partial charge in [-0.2, -0.15) is 0 Å². The molecule has 0 radical (unpaired) electrons. The predicted octanol–water partition coefficient (Wildman–Crippen LogP) is 4.41. The van der Waals surface area contributed by atoms with E-state index in [0.717, 1.165) is 5.57 Å². The van der Waals surface area contributed by atoms with E-state index in [9.17, 15) is 8.78 Å². The Hall–Kier alpha value is -1.44. The molecule has 2 rings (SSSR count). The van der Waals surface area contributed by atoms with Gasteiger partial charge in [-0.25, -0.2) is 8.78 Å². The quantitative estimate of drug-likeness (QED) is 0.657. The molecular weight excluding hydrogens is 206 g/mol. The van der Waals surface area contributed by atoms with Gasteiger partial charge >= 0.3 is 0 Å². The average Bonchev–Trinajstić information content (AvgIpc) is 2.26. The van der Waals surface area contributed by atoms with Crippen LogP contribution in [0.3, 0.4) is 0 Å². The van der Waals surface area contributed by atoms with Gasteiger partial charge in [0.1, 0.15) is 11.6 Å². The fraction of sp³-hybridized carbons (Fsp3) is 0.286. The molecule has 1 aromatic carbocycles. The highest BCUT2D eigenvalue weighted by molar-refractivity contribution is 5.69. The van der Waals surface area contributed by atoms with Gasteiger partial charge in [-0.15, -0.1) is 0 Å². The normalized spacial score (nSPS) is 20.4. The zero-order valence-corrected chi connectivity index (χ0v) is 9.43. The van der Waals surface area contributed by atoms with Gasteiger partial charge in [-0.1, -0.05) is 31.2 Å². The van der Waals surface area contributed by atoms with Crippen molar-refractivity contribution < 1.29 is 8.78 Å². The molecular formula is C14H14F2. The highest BCUT2D eigenvalue weighted by Gasteiger charge is 2.18. The Balaban J connectivity index is 2.43. The fourth-order valence-electron chi connectivity index (χ4n) is 1.94. The minimum absolute atomic E-state index is 0.128. The first-order valence-electron chi connectivity index (χ1n) is 5.41. The maximum atomic E-state index is 13.9. The number of aryl methyl sites for hydroxylation is 1. The smallest absolute Gasteiger partial charge is 0.133 e. The van der Waals surface area contributed by atoms with Crippen molar-refractivity contribution in [1.29, 1.82) is 0 Å². The van der Waals surface area contributed by atoms with E-state index in [0.29, 0.717) is 17.5 Å². The lowest BCUT2D eigenvalue weighted by Gasteiger charge is -2.17. The van der Waals surface area contributed by atoms with Gasteiger partial charge in [0.2, 0.25) is 0 Å². The second-order valence-corrected chi connectivity index (χ2v) is 4.29. The van der Waals surface area contributed by atoms with Crippen LogP contribution in [-0.2, 0) is 0 Å². The van der Waals surface area contributed by atoms with E-state index in [-0.39, 0.29) is 17.6 Å². The Morgan fingerprint density at radius 1 is 1.19 bits per heavy atom. The Bertz CT molecular complexity index is 470. The first kappa shape index (κ1) is 11.1. The van der Waals surface area contributed by atoms with Crippen molar-refractivity contribution in [2.45, 2.75) is 20.3 Å². The largest absolute Gasteiger partial charge is 0.212 e. The molecule has 0 spiro atoms. The van der Waals surface area contributed by atoms with Crippen LogP contribution in [0.4, 0.5) is 8.78 Å². The third kappa shape index (κ3) is 1.92. The lowest BCUT2D eigenvalue weighted by atomic mass is 9.89. The average molecular weight is 220 g/mol. The lowest BCUT2D eigenvalue weighted by Crippen LogP contribution is -2.03. The Morgan fingerprint density at radius 2 is 1.94 bits per heavy atom. The van der Waals surface area contributed by atoms with Gasteiger partial charge in [0.05, 0.1) is 0 Å². The van der Waals surface area contributed by atoms with E-state index in [2.05, 4.69) is 0 Å². The lowest BCUT2D eigenvalue weighted by molar-refractivity contribution is 0.494. The minimum Gasteiger partial charge on any atom is -0.212 e. The van der Waals surface area contributed by atoms with Gasteiger partial charge in [0.15, 0.2) is 0 Å². The zero-order valence-electron chi connectivity index (χ0n) is 9.43. The molecule has 0 N–H and O–H groups in total. The van der Waals surface area contributed by atoms with Gasteiger partial charge in [-0.3, -0.25) is 0 Å². The molecule has 0 bridgehead atoms. The second kappa shape index (κ2) is 4.20. The van der Waals surface area contributed by atoms with Crippen LogP contribution in [0, 0.1) is 18.7 Å². The van der Waals surface area contributed by atoms with Crippen LogP contribution in [0.1, 0.15) is 24.5 Å². The summed E-state index contributed by atoms with van der Waals surface area (Å²) in [6.07, 6.45) is 3.67. The summed E-state index contributed by atoms with van der Waals surface area (Å²) >= 11 is 0. The molecule has 0 fully saturated rings. The number of halogens is 2. The van der Waals surface area contributed by atoms with Crippen molar-refractivity contribution in [3.8, 4) is 0 Å². The second-order valence-electron chi connectivity index (χ2n) is 4.29. The summed E-state index contributed by atoms with van der Waals surface area (Å²) in [5.41, 5.74) is 2.09. The van der Waals surface area contributed by atoms with Crippen LogP contribution >= 0.6 is 0 Å². The van der Waals surface area contributed by atoms with Crippen LogP contribution in [0.5, 0.6) is 0 Å². The number of allylic oxidation sites excluding steroid dienone is 4. The van der Waals surface area contributed by atoms with Crippen molar-refractivity contribution in [1.82, 2.24) is 0 Å². The standard InChI is InChI=1S/C14H14F2/c1-9-4-3-5-12(14(9)16)11-6-7-13(15)10(2)8-11/h3-7,10H,8H2,1-2H3. The number of rotatable bonds is 1. The van der Waals surface area contributed by atoms with Crippen LogP contribution in [0.25, 0.3) is 5.57 Å². The summed E-state index contributed by atoms with van der Waals surface area (Å²) in [7, 11) is 0. The molecule has 0 heterocycles. The summed E-state index contributed by atoms with van der Waals surface area (Å²) in [5, 5.41) is 0. The van der Waals surface area contributed by atoms with Gasteiger partial charge < -0.3 is 0 Å². The fourth-order valence-corrected chi connectivity index (χ4v) is 1.94. The molecule has 1 aliphatic rings. The highest BCUT2D eigenvalue weighted by atomic mass is 19.1. The number of hydrogen-bond donors (Lipinski definition) is 0. The monoisotopic (exact) mass is 220 g/mol. The molecule has 16 heavy (non-hydrogen) atoms. The van der Waals surface area contributed by atoms with Crippen LogP contribution < -0.4 is 0 Å². The van der Waals surface area contributed by atoms with E-state index in [1.54, 1.807) is 25.1 Å². The first-order valence-corrected chi connectivity index (χ1v) is 5.41. The summed E-state index contributed by atoms with van der Waals surface area (Å²) < 4.78 is 27.0. The van der Waals surface area contributed by atoms with Gasteiger partial charge in [-0.05, 0) is 30.6 Å². The maximum Gasteiger partial charge on any atom is 0.133 e. The number of benzene rings is 1. The molecule has 2 heteroatoms. The summed E-state index contributed by atoms with van der Waals surface area (Å²) in [4.78, 5) is 0. The molecule has 0 amide bonds. The van der Waals surface area contributed by atoms with Gasteiger partial charge in [0, 0.05) is 11.5 Å². The molecule has 0 saturated heterocycles. The molecule has 1 aliphatic carbocycles. The Labute approximate surface area is 94.3 Å². The van der Waals surface area contributed by atoms with Crippen molar-refractivity contribution in [2.75, 3.05) is 0 Å². The third-order valence-corrected chi connectivity index (χ3v) is 2.98. The van der Waals surface area contributed by atoms with Crippen molar-refractivity contribution in [3.05, 3.63) is 53.1 Å². The first-order chi connectivity index (χ1) is 7.59. The van der Waals surface area contributed by atoms with Crippen LogP contribution in [-0.4, -0.2) is 0 Å². The Kier molecular flexibility index (Phi) is 2.90. The van der Waals surface area contributed by atoms with Crippen molar-refractivity contribution in [3.63, 3.8) is 0 Å². The molecule has 1 aromatic rings. The topological polar surface area (TPSA) is 0 Å². The minimum atomic E-state index is -0.198. The molecule has 1 atom stereocenters. The molecule has 84 valence electrons. The van der Waals surface area contributed by atoms with E-state index >= 15 is 0 Å². The van der Waals surface area contributed by atoms with Crippen molar-refractivity contribution >= 4 is 5.57 Å². The van der Waals surface area contributed by atoms with E-state index in [1.165, 1.54) is 6.08 Å². The van der Waals surface area contributed by atoms with E-state index in [4.69, 9.17) is 0 Å². The number of hydrogen-bond acceptors (Lipinski definition) is 0. The Morgan fingerprint density at radius 3 is 2.62 bits per heavy atom. The van der Waals surface area contributed by atoms with Crippen molar-refractivity contribution in [2.24, 2.45) is 5.92 Å². The highest BCUT2D eigenvalue weighted by Crippen LogP contribution is 2.33.